The molecule has 0 bridgehead atoms. The van der Waals surface area contributed by atoms with E-state index >= 15 is 0 Å². The van der Waals surface area contributed by atoms with Crippen LogP contribution in [0.2, 0.25) is 5.02 Å². The van der Waals surface area contributed by atoms with E-state index in [0.29, 0.717) is 16.8 Å². The third-order valence-corrected chi connectivity index (χ3v) is 4.39. The molecule has 3 rings (SSSR count). The Bertz CT molecular complexity index is 709. The Morgan fingerprint density at radius 3 is 2.80 bits per heavy atom. The number of fused-ring (bicyclic) bond motifs is 1. The summed E-state index contributed by atoms with van der Waals surface area (Å²) in [5.41, 5.74) is 8.39. The molecule has 3 aromatic rings. The summed E-state index contributed by atoms with van der Waals surface area (Å²) in [6.07, 6.45) is 0.781. The van der Waals surface area contributed by atoms with Crippen molar-refractivity contribution in [3.05, 3.63) is 53.1 Å². The van der Waals surface area contributed by atoms with Gasteiger partial charge in [-0.3, -0.25) is 0 Å². The minimum Gasteiger partial charge on any atom is -0.431 e. The van der Waals surface area contributed by atoms with E-state index in [4.69, 9.17) is 21.8 Å². The quantitative estimate of drug-likeness (QED) is 0.787. The fraction of sp³-hybridized carbons (Fsp3) is 0.133. The maximum atomic E-state index is 6.28. The number of nitrogens with two attached hydrogens (primary N) is 1. The van der Waals surface area contributed by atoms with Gasteiger partial charge in [-0.1, -0.05) is 35.9 Å². The Morgan fingerprint density at radius 1 is 1.15 bits per heavy atom. The molecular weight excluding hydrogens is 292 g/mol. The van der Waals surface area contributed by atoms with Crippen molar-refractivity contribution in [1.82, 2.24) is 4.98 Å². The smallest absolute Gasteiger partial charge is 0.261 e. The van der Waals surface area contributed by atoms with Crippen LogP contribution >= 0.6 is 23.4 Å². The first-order valence-electron chi connectivity index (χ1n) is 6.29. The molecule has 102 valence electrons. The second kappa shape index (κ2) is 5.87. The molecule has 1 aromatic heterocycles. The van der Waals surface area contributed by atoms with Gasteiger partial charge in [0.1, 0.15) is 5.52 Å². The van der Waals surface area contributed by atoms with Gasteiger partial charge in [0.2, 0.25) is 0 Å². The van der Waals surface area contributed by atoms with Crippen molar-refractivity contribution in [3.8, 4) is 0 Å². The molecule has 2 aromatic carbocycles. The zero-order valence-electron chi connectivity index (χ0n) is 10.7. The van der Waals surface area contributed by atoms with Crippen molar-refractivity contribution in [2.75, 3.05) is 6.54 Å². The second-order valence-corrected chi connectivity index (χ2v) is 5.69. The summed E-state index contributed by atoms with van der Waals surface area (Å²) in [4.78, 5) is 5.42. The van der Waals surface area contributed by atoms with Gasteiger partial charge in [-0.25, -0.2) is 4.98 Å². The highest BCUT2D eigenvalue weighted by Crippen LogP contribution is 2.36. The number of hydrogen-bond acceptors (Lipinski definition) is 4. The summed E-state index contributed by atoms with van der Waals surface area (Å²) in [5, 5.41) is 1.29. The Hall–Kier alpha value is -1.49. The molecule has 1 heterocycles. The maximum Gasteiger partial charge on any atom is 0.261 e. The van der Waals surface area contributed by atoms with Crippen LogP contribution in [0.25, 0.3) is 11.1 Å². The number of hydrogen-bond donors (Lipinski definition) is 1. The SMILES string of the molecule is NCCc1cccc(Cl)c1Sc1nc2ccccc2o1. The van der Waals surface area contributed by atoms with Gasteiger partial charge >= 0.3 is 0 Å². The van der Waals surface area contributed by atoms with Gasteiger partial charge in [0, 0.05) is 4.90 Å². The minimum atomic E-state index is 0.585. The summed E-state index contributed by atoms with van der Waals surface area (Å²) in [6, 6.07) is 13.5. The van der Waals surface area contributed by atoms with Crippen LogP contribution in [0.5, 0.6) is 0 Å². The van der Waals surface area contributed by atoms with Gasteiger partial charge in [0.05, 0.1) is 5.02 Å². The highest BCUT2D eigenvalue weighted by molar-refractivity contribution is 7.99. The molecule has 0 spiro atoms. The highest BCUT2D eigenvalue weighted by atomic mass is 35.5. The highest BCUT2D eigenvalue weighted by Gasteiger charge is 2.13. The van der Waals surface area contributed by atoms with E-state index in [2.05, 4.69) is 4.98 Å². The van der Waals surface area contributed by atoms with E-state index < -0.39 is 0 Å². The summed E-state index contributed by atoms with van der Waals surface area (Å²) < 4.78 is 5.72. The van der Waals surface area contributed by atoms with E-state index in [-0.39, 0.29) is 0 Å². The van der Waals surface area contributed by atoms with Crippen LogP contribution in [0.1, 0.15) is 5.56 Å². The Morgan fingerprint density at radius 2 is 2.00 bits per heavy atom. The number of para-hydroxylation sites is 2. The fourth-order valence-electron chi connectivity index (χ4n) is 2.00. The van der Waals surface area contributed by atoms with Crippen LogP contribution in [-0.4, -0.2) is 11.5 Å². The number of aromatic nitrogens is 1. The molecule has 20 heavy (non-hydrogen) atoms. The average Bonchev–Trinajstić information content (AvgIpc) is 2.85. The zero-order chi connectivity index (χ0) is 13.9. The molecule has 5 heteroatoms. The molecule has 0 unspecified atom stereocenters. The molecule has 0 aliphatic heterocycles. The minimum absolute atomic E-state index is 0.585. The molecule has 0 fully saturated rings. The first kappa shape index (κ1) is 13.5. The number of oxazole rings is 1. The van der Waals surface area contributed by atoms with Gasteiger partial charge in [-0.2, -0.15) is 0 Å². The van der Waals surface area contributed by atoms with Crippen molar-refractivity contribution in [1.29, 1.82) is 0 Å². The molecule has 0 amide bonds. The average molecular weight is 305 g/mol. The predicted octanol–water partition coefficient (Wildman–Crippen LogP) is 4.13. The van der Waals surface area contributed by atoms with E-state index in [1.807, 2.05) is 42.5 Å². The number of benzene rings is 2. The second-order valence-electron chi connectivity index (χ2n) is 4.32. The molecule has 3 nitrogen and oxygen atoms in total. The fourth-order valence-corrected chi connectivity index (χ4v) is 3.23. The molecule has 2 N–H and O–H groups in total. The van der Waals surface area contributed by atoms with Gasteiger partial charge in [0.15, 0.2) is 5.58 Å². The van der Waals surface area contributed by atoms with Crippen molar-refractivity contribution in [2.24, 2.45) is 5.73 Å². The summed E-state index contributed by atoms with van der Waals surface area (Å²) in [5.74, 6) is 0. The van der Waals surface area contributed by atoms with Gasteiger partial charge < -0.3 is 10.2 Å². The lowest BCUT2D eigenvalue weighted by Gasteiger charge is -2.07. The third-order valence-electron chi connectivity index (χ3n) is 2.93. The van der Waals surface area contributed by atoms with Crippen molar-refractivity contribution in [3.63, 3.8) is 0 Å². The summed E-state index contributed by atoms with van der Waals surface area (Å²) in [7, 11) is 0. The van der Waals surface area contributed by atoms with Crippen LogP contribution in [0.15, 0.2) is 57.0 Å². The first-order chi connectivity index (χ1) is 9.78. The number of nitrogens with zero attached hydrogens (tertiary/aromatic N) is 1. The molecule has 0 saturated heterocycles. The lowest BCUT2D eigenvalue weighted by Crippen LogP contribution is -2.03. The zero-order valence-corrected chi connectivity index (χ0v) is 12.2. The molecule has 0 aliphatic carbocycles. The van der Waals surface area contributed by atoms with Crippen LogP contribution in [0, 0.1) is 0 Å². The van der Waals surface area contributed by atoms with E-state index in [9.17, 15) is 0 Å². The predicted molar refractivity (Wildman–Crippen MR) is 82.3 cm³/mol. The summed E-state index contributed by atoms with van der Waals surface area (Å²) in [6.45, 7) is 0.585. The Balaban J connectivity index is 1.97. The van der Waals surface area contributed by atoms with Gasteiger partial charge in [0.25, 0.3) is 5.22 Å². The van der Waals surface area contributed by atoms with Crippen LogP contribution in [0.3, 0.4) is 0 Å². The first-order valence-corrected chi connectivity index (χ1v) is 7.48. The largest absolute Gasteiger partial charge is 0.431 e. The van der Waals surface area contributed by atoms with E-state index in [0.717, 1.165) is 28.0 Å². The topological polar surface area (TPSA) is 52.0 Å². The monoisotopic (exact) mass is 304 g/mol. The molecule has 0 atom stereocenters. The molecule has 0 aliphatic rings. The lowest BCUT2D eigenvalue weighted by molar-refractivity contribution is 0.489. The maximum absolute atomic E-state index is 6.28. The molecule has 0 radical (unpaired) electrons. The number of halogens is 1. The van der Waals surface area contributed by atoms with Crippen molar-refractivity contribution in [2.45, 2.75) is 16.5 Å². The molecule has 0 saturated carbocycles. The Kier molecular flexibility index (Phi) is 3.96. The number of rotatable bonds is 4. The van der Waals surface area contributed by atoms with Gasteiger partial charge in [-0.15, -0.1) is 0 Å². The van der Waals surface area contributed by atoms with Crippen molar-refractivity contribution < 1.29 is 4.42 Å². The normalized spacial score (nSPS) is 11.1. The Labute approximate surface area is 126 Å². The van der Waals surface area contributed by atoms with Crippen molar-refractivity contribution >= 4 is 34.5 Å². The van der Waals surface area contributed by atoms with Crippen LogP contribution < -0.4 is 5.73 Å². The lowest BCUT2D eigenvalue weighted by atomic mass is 10.1. The summed E-state index contributed by atoms with van der Waals surface area (Å²) >= 11 is 7.72. The van der Waals surface area contributed by atoms with Crippen LogP contribution in [0.4, 0.5) is 0 Å². The van der Waals surface area contributed by atoms with E-state index in [1.165, 1.54) is 11.8 Å². The molecular formula is C15H13ClN2OS. The van der Waals surface area contributed by atoms with E-state index in [1.54, 1.807) is 0 Å². The third kappa shape index (κ3) is 2.68. The standard InChI is InChI=1S/C15H13ClN2OS/c16-11-5-3-4-10(8-9-17)14(11)20-15-18-12-6-1-2-7-13(12)19-15/h1-7H,8-9,17H2. The van der Waals surface area contributed by atoms with Gasteiger partial charge in [-0.05, 0) is 48.5 Å². The van der Waals surface area contributed by atoms with Crippen LogP contribution in [-0.2, 0) is 6.42 Å².